The Morgan fingerprint density at radius 1 is 1.55 bits per heavy atom. The van der Waals surface area contributed by atoms with Crippen LogP contribution in [0.2, 0.25) is 0 Å². The molecular weight excluding hydrogens is 267 g/mol. The smallest absolute Gasteiger partial charge is 0.326 e. The lowest BCUT2D eigenvalue weighted by Crippen LogP contribution is -2.35. The van der Waals surface area contributed by atoms with Gasteiger partial charge >= 0.3 is 5.97 Å². The van der Waals surface area contributed by atoms with Crippen molar-refractivity contribution in [3.63, 3.8) is 0 Å². The number of aryl methyl sites for hydroxylation is 1. The number of anilines is 1. The topological polar surface area (TPSA) is 92.5 Å². The molecule has 0 amide bonds. The van der Waals surface area contributed by atoms with Crippen LogP contribution in [0.25, 0.3) is 0 Å². The Morgan fingerprint density at radius 2 is 2.15 bits per heavy atom. The number of hydrogen-bond donors (Lipinski definition) is 2. The highest BCUT2D eigenvalue weighted by Gasteiger charge is 2.25. The second kappa shape index (κ2) is 6.31. The predicted octanol–water partition coefficient (Wildman–Crippen LogP) is 2.95. The second-order valence-electron chi connectivity index (χ2n) is 4.72. The summed E-state index contributed by atoms with van der Waals surface area (Å²) in [5, 5.41) is 22.4. The van der Waals surface area contributed by atoms with E-state index in [2.05, 4.69) is 5.32 Å². The number of benzene rings is 1. The Bertz CT molecular complexity index is 533. The van der Waals surface area contributed by atoms with Gasteiger partial charge in [0.2, 0.25) is 0 Å². The maximum Gasteiger partial charge on any atom is 0.326 e. The van der Waals surface area contributed by atoms with Gasteiger partial charge in [0.1, 0.15) is 6.04 Å². The molecule has 110 valence electrons. The zero-order chi connectivity index (χ0) is 15.4. The largest absolute Gasteiger partial charge is 0.480 e. The first kappa shape index (κ1) is 15.9. The van der Waals surface area contributed by atoms with Crippen molar-refractivity contribution in [1.29, 1.82) is 0 Å². The van der Waals surface area contributed by atoms with Gasteiger partial charge < -0.3 is 10.4 Å². The number of aliphatic carboxylic acids is 1. The van der Waals surface area contributed by atoms with E-state index in [1.54, 1.807) is 6.92 Å². The summed E-state index contributed by atoms with van der Waals surface area (Å²) in [4.78, 5) is 21.2. The summed E-state index contributed by atoms with van der Waals surface area (Å²) in [5.41, 5.74) is -0.101. The normalized spacial score (nSPS) is 13.6. The maximum atomic E-state index is 13.8. The number of hydrogen-bond acceptors (Lipinski definition) is 4. The van der Waals surface area contributed by atoms with Gasteiger partial charge in [0.25, 0.3) is 5.69 Å². The second-order valence-corrected chi connectivity index (χ2v) is 4.72. The molecule has 0 bridgehead atoms. The SMILES string of the molecule is CC[C@H](C)[C@H](Nc1cc(C)c([N+](=O)[O-])cc1F)C(=O)O. The highest BCUT2D eigenvalue weighted by Crippen LogP contribution is 2.27. The fourth-order valence-corrected chi connectivity index (χ4v) is 1.83. The highest BCUT2D eigenvalue weighted by atomic mass is 19.1. The predicted molar refractivity (Wildman–Crippen MR) is 72.3 cm³/mol. The molecule has 0 heterocycles. The van der Waals surface area contributed by atoms with Crippen LogP contribution in [-0.2, 0) is 4.79 Å². The molecule has 6 nitrogen and oxygen atoms in total. The Kier molecular flexibility index (Phi) is 5.01. The Balaban J connectivity index is 3.11. The van der Waals surface area contributed by atoms with Crippen LogP contribution < -0.4 is 5.32 Å². The average Bonchev–Trinajstić information content (AvgIpc) is 2.37. The average molecular weight is 284 g/mol. The molecule has 0 saturated heterocycles. The highest BCUT2D eigenvalue weighted by molar-refractivity contribution is 5.78. The maximum absolute atomic E-state index is 13.8. The van der Waals surface area contributed by atoms with Crippen LogP contribution >= 0.6 is 0 Å². The molecule has 2 N–H and O–H groups in total. The number of carboxylic acid groups (broad SMARTS) is 1. The minimum Gasteiger partial charge on any atom is -0.480 e. The van der Waals surface area contributed by atoms with Crippen molar-refractivity contribution in [2.24, 2.45) is 5.92 Å². The van der Waals surface area contributed by atoms with E-state index < -0.39 is 22.8 Å². The number of halogens is 1. The van der Waals surface area contributed by atoms with Gasteiger partial charge in [-0.15, -0.1) is 0 Å². The summed E-state index contributed by atoms with van der Waals surface area (Å²) >= 11 is 0. The van der Waals surface area contributed by atoms with Crippen molar-refractivity contribution < 1.29 is 19.2 Å². The van der Waals surface area contributed by atoms with Gasteiger partial charge in [-0.05, 0) is 18.9 Å². The summed E-state index contributed by atoms with van der Waals surface area (Å²) in [6.45, 7) is 5.05. The van der Waals surface area contributed by atoms with Crippen LogP contribution in [-0.4, -0.2) is 22.0 Å². The van der Waals surface area contributed by atoms with E-state index in [-0.39, 0.29) is 22.9 Å². The van der Waals surface area contributed by atoms with Crippen LogP contribution in [0.15, 0.2) is 12.1 Å². The van der Waals surface area contributed by atoms with Crippen LogP contribution in [0.3, 0.4) is 0 Å². The molecule has 0 aliphatic heterocycles. The molecule has 0 radical (unpaired) electrons. The van der Waals surface area contributed by atoms with Crippen molar-refractivity contribution in [3.05, 3.63) is 33.6 Å². The van der Waals surface area contributed by atoms with Crippen molar-refractivity contribution in [2.45, 2.75) is 33.2 Å². The lowest BCUT2D eigenvalue weighted by Gasteiger charge is -2.21. The van der Waals surface area contributed by atoms with E-state index in [4.69, 9.17) is 5.11 Å². The summed E-state index contributed by atoms with van der Waals surface area (Å²) in [5.74, 6) is -2.13. The van der Waals surface area contributed by atoms with Gasteiger partial charge in [-0.3, -0.25) is 10.1 Å². The molecule has 0 aliphatic rings. The van der Waals surface area contributed by atoms with Crippen molar-refractivity contribution in [1.82, 2.24) is 0 Å². The third-order valence-corrected chi connectivity index (χ3v) is 3.27. The number of nitrogens with one attached hydrogen (secondary N) is 1. The van der Waals surface area contributed by atoms with Crippen LogP contribution in [0.4, 0.5) is 15.8 Å². The minimum atomic E-state index is -1.09. The number of nitro groups is 1. The molecule has 1 rings (SSSR count). The Morgan fingerprint density at radius 3 is 2.60 bits per heavy atom. The van der Waals surface area contributed by atoms with E-state index in [1.165, 1.54) is 13.0 Å². The van der Waals surface area contributed by atoms with Gasteiger partial charge in [0.15, 0.2) is 5.82 Å². The molecule has 0 fully saturated rings. The standard InChI is InChI=1S/C13H17FN2O4/c1-4-7(2)12(13(17)18)15-10-5-8(3)11(16(19)20)6-9(10)14/h5-7,12,15H,4H2,1-3H3,(H,17,18)/t7-,12-/m0/s1. The zero-order valence-corrected chi connectivity index (χ0v) is 11.5. The van der Waals surface area contributed by atoms with Crippen LogP contribution in [0.1, 0.15) is 25.8 Å². The molecule has 7 heteroatoms. The van der Waals surface area contributed by atoms with Gasteiger partial charge in [0, 0.05) is 5.56 Å². The van der Waals surface area contributed by atoms with Gasteiger partial charge in [-0.25, -0.2) is 9.18 Å². The quantitative estimate of drug-likeness (QED) is 0.619. The number of carboxylic acids is 1. The molecule has 1 aromatic rings. The summed E-state index contributed by atoms with van der Waals surface area (Å²) in [7, 11) is 0. The van der Waals surface area contributed by atoms with Crippen LogP contribution in [0.5, 0.6) is 0 Å². The van der Waals surface area contributed by atoms with E-state index in [1.807, 2.05) is 6.92 Å². The van der Waals surface area contributed by atoms with E-state index in [0.717, 1.165) is 6.07 Å². The van der Waals surface area contributed by atoms with E-state index in [0.29, 0.717) is 6.42 Å². The number of rotatable bonds is 6. The third-order valence-electron chi connectivity index (χ3n) is 3.27. The Hall–Kier alpha value is -2.18. The molecule has 0 aromatic heterocycles. The molecule has 0 saturated carbocycles. The number of nitro benzene ring substituents is 1. The third kappa shape index (κ3) is 3.43. The zero-order valence-electron chi connectivity index (χ0n) is 11.5. The number of carbonyl (C=O) groups is 1. The van der Waals surface area contributed by atoms with Crippen molar-refractivity contribution in [2.75, 3.05) is 5.32 Å². The molecule has 20 heavy (non-hydrogen) atoms. The van der Waals surface area contributed by atoms with Gasteiger partial charge in [-0.2, -0.15) is 0 Å². The molecular formula is C13H17FN2O4. The summed E-state index contributed by atoms with van der Waals surface area (Å²) in [6.07, 6.45) is 0.609. The first-order valence-corrected chi connectivity index (χ1v) is 6.21. The van der Waals surface area contributed by atoms with E-state index in [9.17, 15) is 19.3 Å². The molecule has 2 atom stereocenters. The van der Waals surface area contributed by atoms with Gasteiger partial charge in [-0.1, -0.05) is 20.3 Å². The fourth-order valence-electron chi connectivity index (χ4n) is 1.83. The lowest BCUT2D eigenvalue weighted by atomic mass is 9.98. The fraction of sp³-hybridized carbons (Fsp3) is 0.462. The summed E-state index contributed by atoms with van der Waals surface area (Å²) < 4.78 is 13.8. The monoisotopic (exact) mass is 284 g/mol. The van der Waals surface area contributed by atoms with Crippen molar-refractivity contribution in [3.8, 4) is 0 Å². The molecule has 0 aliphatic carbocycles. The van der Waals surface area contributed by atoms with Gasteiger partial charge in [0.05, 0.1) is 16.7 Å². The molecule has 0 spiro atoms. The number of nitrogens with zero attached hydrogens (tertiary/aromatic N) is 1. The molecule has 1 aromatic carbocycles. The van der Waals surface area contributed by atoms with Crippen molar-refractivity contribution >= 4 is 17.3 Å². The summed E-state index contributed by atoms with van der Waals surface area (Å²) in [6, 6.07) is 1.11. The van der Waals surface area contributed by atoms with E-state index >= 15 is 0 Å². The first-order valence-electron chi connectivity index (χ1n) is 6.21. The Labute approximate surface area is 115 Å². The lowest BCUT2D eigenvalue weighted by molar-refractivity contribution is -0.385. The molecule has 0 unspecified atom stereocenters. The first-order chi connectivity index (χ1) is 9.27. The van der Waals surface area contributed by atoms with Crippen LogP contribution in [0, 0.1) is 28.8 Å². The minimum absolute atomic E-state index is 0.0409.